The summed E-state index contributed by atoms with van der Waals surface area (Å²) < 4.78 is 0. The molecular weight excluding hydrogens is 198 g/mol. The molecule has 0 spiro atoms. The van der Waals surface area contributed by atoms with Gasteiger partial charge in [0.15, 0.2) is 5.78 Å². The van der Waals surface area contributed by atoms with E-state index in [2.05, 4.69) is 0 Å². The van der Waals surface area contributed by atoms with Crippen LogP contribution in [0.1, 0.15) is 10.4 Å². The minimum atomic E-state index is -0.0281. The van der Waals surface area contributed by atoms with E-state index >= 15 is 0 Å². The van der Waals surface area contributed by atoms with Gasteiger partial charge in [-0.2, -0.15) is 0 Å². The molecule has 0 heterocycles. The summed E-state index contributed by atoms with van der Waals surface area (Å²) in [6, 6.07) is 17.6. The standard InChI is InChI=1S/C14H13NO/c15-10-14(16)13-8-6-12(7-9-13)11-4-2-1-3-5-11/h1-9H,10,15H2. The quantitative estimate of drug-likeness (QED) is 0.792. The monoisotopic (exact) mass is 211 g/mol. The van der Waals surface area contributed by atoms with E-state index in [4.69, 9.17) is 5.73 Å². The Morgan fingerprint density at radius 3 is 2.00 bits per heavy atom. The Bertz CT molecular complexity index is 474. The Hall–Kier alpha value is -1.93. The molecule has 2 rings (SSSR count). The molecule has 2 aromatic carbocycles. The van der Waals surface area contributed by atoms with Gasteiger partial charge in [0.25, 0.3) is 0 Å². The van der Waals surface area contributed by atoms with E-state index in [0.717, 1.165) is 11.1 Å². The summed E-state index contributed by atoms with van der Waals surface area (Å²) in [6.45, 7) is 0.0602. The number of ketones is 1. The smallest absolute Gasteiger partial charge is 0.176 e. The summed E-state index contributed by atoms with van der Waals surface area (Å²) in [7, 11) is 0. The number of carbonyl (C=O) groups is 1. The Kier molecular flexibility index (Phi) is 3.13. The van der Waals surface area contributed by atoms with Crippen LogP contribution in [0.2, 0.25) is 0 Å². The fourth-order valence-corrected chi connectivity index (χ4v) is 1.60. The average Bonchev–Trinajstić information content (AvgIpc) is 2.39. The molecule has 16 heavy (non-hydrogen) atoms. The molecular formula is C14H13NO. The maximum Gasteiger partial charge on any atom is 0.176 e. The van der Waals surface area contributed by atoms with Gasteiger partial charge in [-0.15, -0.1) is 0 Å². The van der Waals surface area contributed by atoms with E-state index in [-0.39, 0.29) is 12.3 Å². The predicted molar refractivity (Wildman–Crippen MR) is 65.3 cm³/mol. The van der Waals surface area contributed by atoms with Crippen molar-refractivity contribution in [3.05, 3.63) is 60.2 Å². The van der Waals surface area contributed by atoms with E-state index in [1.54, 1.807) is 0 Å². The first kappa shape index (κ1) is 10.6. The number of hydrogen-bond donors (Lipinski definition) is 1. The Balaban J connectivity index is 2.30. The van der Waals surface area contributed by atoms with Crippen LogP contribution in [0.5, 0.6) is 0 Å². The molecule has 0 aliphatic carbocycles. The third-order valence-corrected chi connectivity index (χ3v) is 2.50. The van der Waals surface area contributed by atoms with Crippen molar-refractivity contribution in [1.82, 2.24) is 0 Å². The van der Waals surface area contributed by atoms with Crippen LogP contribution in [0.15, 0.2) is 54.6 Å². The second-order valence-corrected chi connectivity index (χ2v) is 3.57. The minimum Gasteiger partial charge on any atom is -0.324 e. The summed E-state index contributed by atoms with van der Waals surface area (Å²) in [5.41, 5.74) is 8.23. The van der Waals surface area contributed by atoms with Crippen molar-refractivity contribution >= 4 is 5.78 Å². The van der Waals surface area contributed by atoms with Gasteiger partial charge in [-0.1, -0.05) is 54.6 Å². The molecule has 0 amide bonds. The normalized spacial score (nSPS) is 10.1. The molecule has 0 aliphatic heterocycles. The summed E-state index contributed by atoms with van der Waals surface area (Å²) in [5.74, 6) is -0.0281. The van der Waals surface area contributed by atoms with Crippen LogP contribution in [0.25, 0.3) is 11.1 Å². The first-order valence-corrected chi connectivity index (χ1v) is 5.20. The highest BCUT2D eigenvalue weighted by atomic mass is 16.1. The van der Waals surface area contributed by atoms with Gasteiger partial charge in [0.1, 0.15) is 0 Å². The number of rotatable bonds is 3. The highest BCUT2D eigenvalue weighted by molar-refractivity contribution is 5.97. The molecule has 2 N–H and O–H groups in total. The topological polar surface area (TPSA) is 43.1 Å². The number of benzene rings is 2. The van der Waals surface area contributed by atoms with Crippen molar-refractivity contribution < 1.29 is 4.79 Å². The van der Waals surface area contributed by atoms with Crippen LogP contribution in [0.4, 0.5) is 0 Å². The molecule has 0 saturated carbocycles. The maximum atomic E-state index is 11.3. The van der Waals surface area contributed by atoms with Crippen LogP contribution in [-0.2, 0) is 0 Å². The highest BCUT2D eigenvalue weighted by Crippen LogP contribution is 2.19. The molecule has 2 nitrogen and oxygen atoms in total. The van der Waals surface area contributed by atoms with E-state index in [9.17, 15) is 4.79 Å². The molecule has 0 aromatic heterocycles. The predicted octanol–water partition coefficient (Wildman–Crippen LogP) is 2.50. The van der Waals surface area contributed by atoms with Crippen LogP contribution in [-0.4, -0.2) is 12.3 Å². The molecule has 0 radical (unpaired) electrons. The molecule has 0 aliphatic rings. The average molecular weight is 211 g/mol. The van der Waals surface area contributed by atoms with Gasteiger partial charge in [0.05, 0.1) is 6.54 Å². The molecule has 0 fully saturated rings. The minimum absolute atomic E-state index is 0.0281. The lowest BCUT2D eigenvalue weighted by atomic mass is 10.0. The summed E-state index contributed by atoms with van der Waals surface area (Å²) in [5, 5.41) is 0. The first-order valence-electron chi connectivity index (χ1n) is 5.20. The third-order valence-electron chi connectivity index (χ3n) is 2.50. The second kappa shape index (κ2) is 4.73. The van der Waals surface area contributed by atoms with Gasteiger partial charge in [-0.3, -0.25) is 4.79 Å². The summed E-state index contributed by atoms with van der Waals surface area (Å²) in [6.07, 6.45) is 0. The van der Waals surface area contributed by atoms with Crippen molar-refractivity contribution in [3.8, 4) is 11.1 Å². The van der Waals surface area contributed by atoms with Crippen LogP contribution >= 0.6 is 0 Å². The van der Waals surface area contributed by atoms with E-state index < -0.39 is 0 Å². The zero-order chi connectivity index (χ0) is 11.4. The Labute approximate surface area is 94.7 Å². The van der Waals surface area contributed by atoms with Crippen molar-refractivity contribution in [2.75, 3.05) is 6.54 Å². The van der Waals surface area contributed by atoms with Gasteiger partial charge in [-0.25, -0.2) is 0 Å². The molecule has 2 heteroatoms. The first-order chi connectivity index (χ1) is 7.81. The Morgan fingerprint density at radius 1 is 0.875 bits per heavy atom. The number of carbonyl (C=O) groups excluding carboxylic acids is 1. The molecule has 0 atom stereocenters. The fraction of sp³-hybridized carbons (Fsp3) is 0.0714. The number of hydrogen-bond acceptors (Lipinski definition) is 2. The zero-order valence-electron chi connectivity index (χ0n) is 8.89. The second-order valence-electron chi connectivity index (χ2n) is 3.57. The van der Waals surface area contributed by atoms with Gasteiger partial charge in [0.2, 0.25) is 0 Å². The third kappa shape index (κ3) is 2.18. The van der Waals surface area contributed by atoms with Crippen molar-refractivity contribution in [3.63, 3.8) is 0 Å². The van der Waals surface area contributed by atoms with Crippen molar-refractivity contribution in [2.45, 2.75) is 0 Å². The van der Waals surface area contributed by atoms with Crippen LogP contribution in [0.3, 0.4) is 0 Å². The fourth-order valence-electron chi connectivity index (χ4n) is 1.60. The summed E-state index contributed by atoms with van der Waals surface area (Å²) >= 11 is 0. The number of nitrogens with two attached hydrogens (primary N) is 1. The largest absolute Gasteiger partial charge is 0.324 e. The lowest BCUT2D eigenvalue weighted by Gasteiger charge is -2.02. The lowest BCUT2D eigenvalue weighted by molar-refractivity contribution is 0.100. The van der Waals surface area contributed by atoms with Crippen molar-refractivity contribution in [2.24, 2.45) is 5.73 Å². The molecule has 80 valence electrons. The van der Waals surface area contributed by atoms with Crippen LogP contribution < -0.4 is 5.73 Å². The lowest BCUT2D eigenvalue weighted by Crippen LogP contribution is -2.13. The van der Waals surface area contributed by atoms with Gasteiger partial charge < -0.3 is 5.73 Å². The highest BCUT2D eigenvalue weighted by Gasteiger charge is 2.03. The molecule has 0 bridgehead atoms. The van der Waals surface area contributed by atoms with E-state index in [1.165, 1.54) is 0 Å². The van der Waals surface area contributed by atoms with E-state index in [0.29, 0.717) is 5.56 Å². The zero-order valence-corrected chi connectivity index (χ0v) is 8.89. The number of Topliss-reactive ketones (excluding diaryl/α,β-unsaturated/α-hetero) is 1. The SMILES string of the molecule is NCC(=O)c1ccc(-c2ccccc2)cc1. The molecule has 0 saturated heterocycles. The van der Waals surface area contributed by atoms with Gasteiger partial charge in [0, 0.05) is 5.56 Å². The van der Waals surface area contributed by atoms with Crippen LogP contribution in [0, 0.1) is 0 Å². The van der Waals surface area contributed by atoms with E-state index in [1.807, 2.05) is 54.6 Å². The Morgan fingerprint density at radius 2 is 1.44 bits per heavy atom. The maximum absolute atomic E-state index is 11.3. The molecule has 0 unspecified atom stereocenters. The van der Waals surface area contributed by atoms with Crippen molar-refractivity contribution in [1.29, 1.82) is 0 Å². The van der Waals surface area contributed by atoms with Gasteiger partial charge >= 0.3 is 0 Å². The van der Waals surface area contributed by atoms with Gasteiger partial charge in [-0.05, 0) is 11.1 Å². The molecule has 2 aromatic rings. The summed E-state index contributed by atoms with van der Waals surface area (Å²) in [4.78, 5) is 11.3.